The van der Waals surface area contributed by atoms with Crippen molar-refractivity contribution >= 4 is 0 Å². The standard InChI is InChI=1S/C15H27N3O/c1-19-13-7-16-14-15-6-4-11-18(15)12-5-10-17-8-2-3-9-17/h4,6,11,16H,2-3,5,7-10,12-14H2,1H3. The summed E-state index contributed by atoms with van der Waals surface area (Å²) >= 11 is 0. The molecule has 0 atom stereocenters. The van der Waals surface area contributed by atoms with Crippen molar-refractivity contribution in [3.63, 3.8) is 0 Å². The van der Waals surface area contributed by atoms with Crippen molar-refractivity contribution < 1.29 is 4.74 Å². The van der Waals surface area contributed by atoms with Gasteiger partial charge in [-0.1, -0.05) is 0 Å². The normalized spacial score (nSPS) is 16.3. The number of hydrogen-bond donors (Lipinski definition) is 1. The van der Waals surface area contributed by atoms with Gasteiger partial charge in [0.25, 0.3) is 0 Å². The minimum Gasteiger partial charge on any atom is -0.383 e. The fourth-order valence-electron chi connectivity index (χ4n) is 2.69. The number of nitrogens with one attached hydrogen (secondary N) is 1. The molecular weight excluding hydrogens is 238 g/mol. The van der Waals surface area contributed by atoms with Crippen LogP contribution in [-0.2, 0) is 17.8 Å². The van der Waals surface area contributed by atoms with Gasteiger partial charge < -0.3 is 19.5 Å². The first kappa shape index (κ1) is 14.6. The Kier molecular flexibility index (Phi) is 6.41. The second kappa shape index (κ2) is 8.35. The third-order valence-electron chi connectivity index (χ3n) is 3.78. The summed E-state index contributed by atoms with van der Waals surface area (Å²) in [5.74, 6) is 0. The van der Waals surface area contributed by atoms with Gasteiger partial charge in [0.05, 0.1) is 6.61 Å². The Morgan fingerprint density at radius 1 is 1.26 bits per heavy atom. The Morgan fingerprint density at radius 3 is 2.89 bits per heavy atom. The SMILES string of the molecule is COCCNCc1cccn1CCCN1CCCC1. The summed E-state index contributed by atoms with van der Waals surface area (Å²) in [7, 11) is 1.74. The summed E-state index contributed by atoms with van der Waals surface area (Å²) < 4.78 is 7.41. The maximum absolute atomic E-state index is 5.04. The molecule has 1 aliphatic rings. The molecule has 1 aliphatic heterocycles. The van der Waals surface area contributed by atoms with Crippen LogP contribution in [0.25, 0.3) is 0 Å². The molecule has 1 aromatic heterocycles. The molecule has 0 spiro atoms. The number of nitrogens with zero attached hydrogens (tertiary/aromatic N) is 2. The molecule has 1 fully saturated rings. The van der Waals surface area contributed by atoms with Crippen LogP contribution in [0, 0.1) is 0 Å². The van der Waals surface area contributed by atoms with E-state index in [4.69, 9.17) is 4.74 Å². The monoisotopic (exact) mass is 265 g/mol. The van der Waals surface area contributed by atoms with Crippen molar-refractivity contribution in [3.05, 3.63) is 24.0 Å². The molecule has 1 aromatic rings. The molecule has 0 unspecified atom stereocenters. The van der Waals surface area contributed by atoms with Crippen LogP contribution in [0.15, 0.2) is 18.3 Å². The van der Waals surface area contributed by atoms with Crippen LogP contribution in [0.5, 0.6) is 0 Å². The van der Waals surface area contributed by atoms with Crippen LogP contribution in [0.2, 0.25) is 0 Å². The molecule has 0 amide bonds. The Balaban J connectivity index is 1.66. The largest absolute Gasteiger partial charge is 0.383 e. The van der Waals surface area contributed by atoms with Gasteiger partial charge in [0.15, 0.2) is 0 Å². The van der Waals surface area contributed by atoms with Gasteiger partial charge in [-0.3, -0.25) is 0 Å². The van der Waals surface area contributed by atoms with E-state index in [1.165, 1.54) is 44.6 Å². The smallest absolute Gasteiger partial charge is 0.0587 e. The van der Waals surface area contributed by atoms with Crippen LogP contribution < -0.4 is 5.32 Å². The zero-order valence-electron chi connectivity index (χ0n) is 12.1. The molecule has 4 heteroatoms. The van der Waals surface area contributed by atoms with Gasteiger partial charge in [-0.25, -0.2) is 0 Å². The van der Waals surface area contributed by atoms with Gasteiger partial charge in [-0.05, 0) is 51.0 Å². The van der Waals surface area contributed by atoms with E-state index >= 15 is 0 Å². The van der Waals surface area contributed by atoms with Crippen molar-refractivity contribution in [1.29, 1.82) is 0 Å². The fourth-order valence-corrected chi connectivity index (χ4v) is 2.69. The van der Waals surface area contributed by atoms with E-state index in [0.29, 0.717) is 0 Å². The van der Waals surface area contributed by atoms with E-state index in [-0.39, 0.29) is 0 Å². The molecule has 4 nitrogen and oxygen atoms in total. The number of methoxy groups -OCH3 is 1. The molecule has 108 valence electrons. The number of aryl methyl sites for hydroxylation is 1. The number of likely N-dealkylation sites (tertiary alicyclic amines) is 1. The highest BCUT2D eigenvalue weighted by Gasteiger charge is 2.10. The van der Waals surface area contributed by atoms with E-state index in [2.05, 4.69) is 33.1 Å². The number of ether oxygens (including phenoxy) is 1. The molecular formula is C15H27N3O. The van der Waals surface area contributed by atoms with Crippen molar-refractivity contribution in [2.24, 2.45) is 0 Å². The predicted octanol–water partition coefficient (Wildman–Crippen LogP) is 1.71. The lowest BCUT2D eigenvalue weighted by Gasteiger charge is -2.15. The molecule has 19 heavy (non-hydrogen) atoms. The number of aromatic nitrogens is 1. The minimum atomic E-state index is 0.773. The quantitative estimate of drug-likeness (QED) is 0.689. The van der Waals surface area contributed by atoms with Crippen LogP contribution in [0.3, 0.4) is 0 Å². The van der Waals surface area contributed by atoms with E-state index in [1.54, 1.807) is 7.11 Å². The molecule has 2 rings (SSSR count). The average Bonchev–Trinajstić information content (AvgIpc) is 3.07. The Labute approximate surface area is 116 Å². The summed E-state index contributed by atoms with van der Waals surface area (Å²) in [6, 6.07) is 4.35. The first-order valence-electron chi connectivity index (χ1n) is 7.46. The van der Waals surface area contributed by atoms with Gasteiger partial charge >= 0.3 is 0 Å². The van der Waals surface area contributed by atoms with Gasteiger partial charge in [0.1, 0.15) is 0 Å². The topological polar surface area (TPSA) is 29.4 Å². The number of hydrogen-bond acceptors (Lipinski definition) is 3. The molecule has 1 N–H and O–H groups in total. The van der Waals surface area contributed by atoms with E-state index in [0.717, 1.165) is 26.2 Å². The lowest BCUT2D eigenvalue weighted by Crippen LogP contribution is -2.23. The van der Waals surface area contributed by atoms with Crippen LogP contribution in [0.4, 0.5) is 0 Å². The van der Waals surface area contributed by atoms with Gasteiger partial charge in [-0.2, -0.15) is 0 Å². The summed E-state index contributed by atoms with van der Waals surface area (Å²) in [6.45, 7) is 7.60. The maximum atomic E-state index is 5.04. The Hall–Kier alpha value is -0.840. The van der Waals surface area contributed by atoms with Gasteiger partial charge in [-0.15, -0.1) is 0 Å². The second-order valence-electron chi connectivity index (χ2n) is 5.26. The summed E-state index contributed by atoms with van der Waals surface area (Å²) in [6.07, 6.45) is 6.22. The lowest BCUT2D eigenvalue weighted by atomic mass is 10.3. The first-order valence-corrected chi connectivity index (χ1v) is 7.46. The third kappa shape index (κ3) is 4.97. The van der Waals surface area contributed by atoms with E-state index < -0.39 is 0 Å². The highest BCUT2D eigenvalue weighted by Crippen LogP contribution is 2.09. The van der Waals surface area contributed by atoms with Gasteiger partial charge in [0, 0.05) is 38.6 Å². The molecule has 0 saturated carbocycles. The zero-order chi connectivity index (χ0) is 13.3. The zero-order valence-corrected chi connectivity index (χ0v) is 12.1. The summed E-state index contributed by atoms with van der Waals surface area (Å²) in [5, 5.41) is 3.40. The first-order chi connectivity index (χ1) is 9.40. The third-order valence-corrected chi connectivity index (χ3v) is 3.78. The lowest BCUT2D eigenvalue weighted by molar-refractivity contribution is 0.199. The molecule has 0 radical (unpaired) electrons. The second-order valence-corrected chi connectivity index (χ2v) is 5.26. The molecule has 2 heterocycles. The van der Waals surface area contributed by atoms with E-state index in [9.17, 15) is 0 Å². The van der Waals surface area contributed by atoms with Crippen LogP contribution in [0.1, 0.15) is 25.0 Å². The predicted molar refractivity (Wildman–Crippen MR) is 78.3 cm³/mol. The van der Waals surface area contributed by atoms with Crippen molar-refractivity contribution in [3.8, 4) is 0 Å². The molecule has 0 aliphatic carbocycles. The Bertz CT molecular complexity index is 345. The molecule has 0 bridgehead atoms. The highest BCUT2D eigenvalue weighted by atomic mass is 16.5. The maximum Gasteiger partial charge on any atom is 0.0587 e. The van der Waals surface area contributed by atoms with Gasteiger partial charge in [0.2, 0.25) is 0 Å². The van der Waals surface area contributed by atoms with E-state index in [1.807, 2.05) is 0 Å². The van der Waals surface area contributed by atoms with Crippen LogP contribution >= 0.6 is 0 Å². The highest BCUT2D eigenvalue weighted by molar-refractivity contribution is 5.06. The summed E-state index contributed by atoms with van der Waals surface area (Å²) in [4.78, 5) is 2.58. The molecule has 1 saturated heterocycles. The average molecular weight is 265 g/mol. The van der Waals surface area contributed by atoms with Crippen molar-refractivity contribution in [2.45, 2.75) is 32.4 Å². The molecule has 0 aromatic carbocycles. The van der Waals surface area contributed by atoms with Crippen molar-refractivity contribution in [2.75, 3.05) is 39.9 Å². The minimum absolute atomic E-state index is 0.773. The van der Waals surface area contributed by atoms with Crippen LogP contribution in [-0.4, -0.2) is 49.4 Å². The summed E-state index contributed by atoms with van der Waals surface area (Å²) in [5.41, 5.74) is 1.37. The van der Waals surface area contributed by atoms with Crippen molar-refractivity contribution in [1.82, 2.24) is 14.8 Å². The number of rotatable bonds is 9. The fraction of sp³-hybridized carbons (Fsp3) is 0.733. The Morgan fingerprint density at radius 2 is 2.11 bits per heavy atom.